The highest BCUT2D eigenvalue weighted by Gasteiger charge is 2.27. The van der Waals surface area contributed by atoms with Crippen molar-refractivity contribution in [3.63, 3.8) is 0 Å². The average Bonchev–Trinajstić information content (AvgIpc) is 3.34. The first-order valence-corrected chi connectivity index (χ1v) is 9.24. The third-order valence-corrected chi connectivity index (χ3v) is 5.49. The Hall–Kier alpha value is -2.28. The van der Waals surface area contributed by atoms with Crippen LogP contribution >= 0.6 is 11.8 Å². The number of methoxy groups -OCH3 is 1. The minimum Gasteiger partial charge on any atom is -0.497 e. The van der Waals surface area contributed by atoms with Gasteiger partial charge in [-0.3, -0.25) is 9.20 Å². The number of ether oxygens (including phenoxy) is 1. The minimum absolute atomic E-state index is 0.0539. The molecule has 130 valence electrons. The molecule has 1 saturated carbocycles. The number of amides is 1. The lowest BCUT2D eigenvalue weighted by Crippen LogP contribution is -2.32. The van der Waals surface area contributed by atoms with Crippen LogP contribution in [0.25, 0.3) is 16.6 Å². The van der Waals surface area contributed by atoms with Crippen molar-refractivity contribution >= 4 is 34.2 Å². The molecule has 7 heteroatoms. The van der Waals surface area contributed by atoms with Crippen LogP contribution in [-0.2, 0) is 4.79 Å². The van der Waals surface area contributed by atoms with Crippen LogP contribution in [0, 0.1) is 6.92 Å². The molecule has 1 N–H and O–H groups in total. The van der Waals surface area contributed by atoms with Crippen molar-refractivity contribution in [3.8, 4) is 5.75 Å². The zero-order valence-corrected chi connectivity index (χ0v) is 15.3. The summed E-state index contributed by atoms with van der Waals surface area (Å²) in [6, 6.07) is 8.35. The normalized spacial score (nSPS) is 15.5. The van der Waals surface area contributed by atoms with E-state index in [0.717, 1.165) is 40.7 Å². The molecule has 3 aromatic rings. The van der Waals surface area contributed by atoms with Gasteiger partial charge in [-0.25, -0.2) is 0 Å². The van der Waals surface area contributed by atoms with Crippen molar-refractivity contribution in [1.29, 1.82) is 0 Å². The highest BCUT2D eigenvalue weighted by molar-refractivity contribution is 8.00. The van der Waals surface area contributed by atoms with E-state index in [2.05, 4.69) is 22.4 Å². The van der Waals surface area contributed by atoms with Gasteiger partial charge in [0.1, 0.15) is 5.75 Å². The van der Waals surface area contributed by atoms with Crippen LogP contribution in [0.4, 0.5) is 0 Å². The standard InChI is InChI=1S/C18H20N4O2S/c1-10-8-16-20-21-18(25-11(2)17(23)19-12-4-5-12)22(16)15-9-13(24-3)6-7-14(10)15/h6-9,11-12H,4-5H2,1-3H3,(H,19,23)/t11-/m1/s1. The molecule has 0 saturated heterocycles. The van der Waals surface area contributed by atoms with Gasteiger partial charge in [-0.15, -0.1) is 10.2 Å². The van der Waals surface area contributed by atoms with Gasteiger partial charge >= 0.3 is 0 Å². The third-order valence-electron chi connectivity index (χ3n) is 4.45. The van der Waals surface area contributed by atoms with E-state index < -0.39 is 0 Å². The molecule has 1 aliphatic rings. The number of pyridine rings is 1. The maximum atomic E-state index is 12.3. The molecule has 1 atom stereocenters. The largest absolute Gasteiger partial charge is 0.497 e. The summed E-state index contributed by atoms with van der Waals surface area (Å²) in [5.41, 5.74) is 2.89. The molecule has 0 spiro atoms. The van der Waals surface area contributed by atoms with E-state index in [9.17, 15) is 4.79 Å². The maximum absolute atomic E-state index is 12.3. The fourth-order valence-corrected chi connectivity index (χ4v) is 3.74. The number of hydrogen-bond donors (Lipinski definition) is 1. The molecule has 0 unspecified atom stereocenters. The van der Waals surface area contributed by atoms with Crippen LogP contribution in [0.1, 0.15) is 25.3 Å². The number of carbonyl (C=O) groups excluding carboxylic acids is 1. The molecule has 4 rings (SSSR count). The summed E-state index contributed by atoms with van der Waals surface area (Å²) in [5, 5.41) is 13.2. The first-order valence-electron chi connectivity index (χ1n) is 8.36. The van der Waals surface area contributed by atoms with E-state index in [1.165, 1.54) is 11.8 Å². The van der Waals surface area contributed by atoms with Gasteiger partial charge in [0.25, 0.3) is 0 Å². The highest BCUT2D eigenvalue weighted by Crippen LogP contribution is 2.30. The van der Waals surface area contributed by atoms with E-state index >= 15 is 0 Å². The van der Waals surface area contributed by atoms with Crippen LogP contribution in [-0.4, -0.2) is 38.9 Å². The van der Waals surface area contributed by atoms with Gasteiger partial charge < -0.3 is 10.1 Å². The van der Waals surface area contributed by atoms with Crippen molar-refractivity contribution in [3.05, 3.63) is 29.8 Å². The summed E-state index contributed by atoms with van der Waals surface area (Å²) in [7, 11) is 1.65. The molecule has 6 nitrogen and oxygen atoms in total. The number of rotatable bonds is 5. The number of nitrogens with one attached hydrogen (secondary N) is 1. The quantitative estimate of drug-likeness (QED) is 0.712. The molecule has 0 radical (unpaired) electrons. The van der Waals surface area contributed by atoms with Crippen LogP contribution in [0.15, 0.2) is 29.4 Å². The molecular weight excluding hydrogens is 336 g/mol. The Kier molecular flexibility index (Phi) is 4.03. The molecule has 25 heavy (non-hydrogen) atoms. The van der Waals surface area contributed by atoms with E-state index in [1.807, 2.05) is 35.6 Å². The monoisotopic (exact) mass is 356 g/mol. The van der Waals surface area contributed by atoms with Crippen LogP contribution in [0.2, 0.25) is 0 Å². The molecule has 0 aliphatic heterocycles. The zero-order valence-electron chi connectivity index (χ0n) is 14.4. The number of nitrogens with zero attached hydrogens (tertiary/aromatic N) is 3. The van der Waals surface area contributed by atoms with Gasteiger partial charge in [-0.2, -0.15) is 0 Å². The fraction of sp³-hybridized carbons (Fsp3) is 0.389. The molecule has 1 amide bonds. The van der Waals surface area contributed by atoms with Crippen molar-refractivity contribution in [2.24, 2.45) is 0 Å². The molecule has 1 aliphatic carbocycles. The summed E-state index contributed by atoms with van der Waals surface area (Å²) >= 11 is 1.43. The molecule has 0 bridgehead atoms. The summed E-state index contributed by atoms with van der Waals surface area (Å²) in [5.74, 6) is 0.835. The van der Waals surface area contributed by atoms with Crippen molar-refractivity contribution in [2.45, 2.75) is 43.1 Å². The van der Waals surface area contributed by atoms with Crippen LogP contribution < -0.4 is 10.1 Å². The average molecular weight is 356 g/mol. The van der Waals surface area contributed by atoms with Crippen molar-refractivity contribution < 1.29 is 9.53 Å². The smallest absolute Gasteiger partial charge is 0.233 e. The lowest BCUT2D eigenvalue weighted by molar-refractivity contribution is -0.120. The Labute approximate surface area is 150 Å². The van der Waals surface area contributed by atoms with Crippen molar-refractivity contribution in [2.75, 3.05) is 7.11 Å². The summed E-state index contributed by atoms with van der Waals surface area (Å²) < 4.78 is 7.37. The van der Waals surface area contributed by atoms with E-state index in [-0.39, 0.29) is 11.2 Å². The molecular formula is C18H20N4O2S. The second kappa shape index (κ2) is 6.22. The lowest BCUT2D eigenvalue weighted by atomic mass is 10.1. The first kappa shape index (κ1) is 16.2. The van der Waals surface area contributed by atoms with Crippen molar-refractivity contribution in [1.82, 2.24) is 19.9 Å². The minimum atomic E-state index is -0.227. The Bertz CT molecular complexity index is 965. The number of aryl methyl sites for hydroxylation is 1. The number of aromatic nitrogens is 3. The Balaban J connectivity index is 1.76. The number of carbonyl (C=O) groups is 1. The molecule has 1 aromatic carbocycles. The number of hydrogen-bond acceptors (Lipinski definition) is 5. The second-order valence-electron chi connectivity index (χ2n) is 6.43. The van der Waals surface area contributed by atoms with Gasteiger partial charge in [0, 0.05) is 17.5 Å². The Morgan fingerprint density at radius 3 is 2.88 bits per heavy atom. The Morgan fingerprint density at radius 1 is 1.36 bits per heavy atom. The van der Waals surface area contributed by atoms with Crippen LogP contribution in [0.3, 0.4) is 0 Å². The number of fused-ring (bicyclic) bond motifs is 3. The number of benzene rings is 1. The predicted molar refractivity (Wildman–Crippen MR) is 98.3 cm³/mol. The molecule has 1 fully saturated rings. The highest BCUT2D eigenvalue weighted by atomic mass is 32.2. The second-order valence-corrected chi connectivity index (χ2v) is 7.74. The predicted octanol–water partition coefficient (Wildman–Crippen LogP) is 2.96. The van der Waals surface area contributed by atoms with Gasteiger partial charge in [-0.05, 0) is 50.5 Å². The molecule has 2 heterocycles. The van der Waals surface area contributed by atoms with Gasteiger partial charge in [0.2, 0.25) is 5.91 Å². The van der Waals surface area contributed by atoms with Gasteiger partial charge in [0.15, 0.2) is 10.8 Å². The third kappa shape index (κ3) is 3.04. The van der Waals surface area contributed by atoms with Gasteiger partial charge in [-0.1, -0.05) is 11.8 Å². The van der Waals surface area contributed by atoms with Gasteiger partial charge in [0.05, 0.1) is 17.9 Å². The summed E-state index contributed by atoms with van der Waals surface area (Å²) in [6.07, 6.45) is 2.17. The van der Waals surface area contributed by atoms with E-state index in [1.54, 1.807) is 7.11 Å². The fourth-order valence-electron chi connectivity index (χ4n) is 2.86. The lowest BCUT2D eigenvalue weighted by Gasteiger charge is -2.12. The Morgan fingerprint density at radius 2 is 2.16 bits per heavy atom. The summed E-state index contributed by atoms with van der Waals surface area (Å²) in [4.78, 5) is 12.3. The first-order chi connectivity index (χ1) is 12.1. The SMILES string of the molecule is COc1ccc2c(C)cc3nnc(S[C@H](C)C(=O)NC4CC4)n3c2c1. The topological polar surface area (TPSA) is 68.5 Å². The maximum Gasteiger partial charge on any atom is 0.233 e. The van der Waals surface area contributed by atoms with Crippen LogP contribution in [0.5, 0.6) is 5.75 Å². The zero-order chi connectivity index (χ0) is 17.6. The summed E-state index contributed by atoms with van der Waals surface area (Å²) in [6.45, 7) is 3.96. The van der Waals surface area contributed by atoms with E-state index in [4.69, 9.17) is 4.74 Å². The number of thioether (sulfide) groups is 1. The van der Waals surface area contributed by atoms with E-state index in [0.29, 0.717) is 11.2 Å². The molecule has 2 aromatic heterocycles.